The van der Waals surface area contributed by atoms with Crippen molar-refractivity contribution in [3.05, 3.63) is 39.4 Å². The van der Waals surface area contributed by atoms with Gasteiger partial charge in [-0.15, -0.1) is 11.3 Å². The highest BCUT2D eigenvalue weighted by Gasteiger charge is 2.18. The average molecular weight is 268 g/mol. The van der Waals surface area contributed by atoms with Crippen molar-refractivity contribution in [3.8, 4) is 0 Å². The number of aromatic nitrogens is 2. The summed E-state index contributed by atoms with van der Waals surface area (Å²) in [5.41, 5.74) is 1.12. The van der Waals surface area contributed by atoms with Gasteiger partial charge in [0.2, 0.25) is 0 Å². The maximum absolute atomic E-state index is 5.82. The van der Waals surface area contributed by atoms with E-state index in [0.29, 0.717) is 17.8 Å². The lowest BCUT2D eigenvalue weighted by molar-refractivity contribution is 0.108. The average Bonchev–Trinajstić information content (AvgIpc) is 2.75. The lowest BCUT2D eigenvalue weighted by Gasteiger charge is -2.29. The van der Waals surface area contributed by atoms with Crippen LogP contribution in [0.2, 0.25) is 4.47 Å². The van der Waals surface area contributed by atoms with Crippen molar-refractivity contribution in [1.82, 2.24) is 9.97 Å². The molecule has 0 fully saturated rings. The van der Waals surface area contributed by atoms with Crippen LogP contribution < -0.4 is 4.90 Å². The van der Waals surface area contributed by atoms with Crippen molar-refractivity contribution in [2.45, 2.75) is 13.2 Å². The Hall–Kier alpha value is -1.17. The van der Waals surface area contributed by atoms with E-state index in [1.54, 1.807) is 12.4 Å². The van der Waals surface area contributed by atoms with Crippen LogP contribution in [0.15, 0.2) is 24.5 Å². The summed E-state index contributed by atoms with van der Waals surface area (Å²) in [7, 11) is 0. The number of ether oxygens (including phenoxy) is 1. The first-order valence-corrected chi connectivity index (χ1v) is 6.39. The molecule has 17 heavy (non-hydrogen) atoms. The number of rotatable bonds is 2. The second-order valence-corrected chi connectivity index (χ2v) is 5.44. The second-order valence-electron chi connectivity index (χ2n) is 3.74. The molecule has 3 rings (SSSR count). The molecule has 0 aliphatic carbocycles. The molecule has 88 valence electrons. The molecule has 4 nitrogen and oxygen atoms in total. The standard InChI is InChI=1S/C11H10ClN3OS/c12-11-14-4-9(17-11)5-15-7-16-6-8-2-1-3-13-10(8)15/h1-4H,5-7H2. The molecule has 2 aromatic rings. The molecule has 1 aliphatic rings. The number of pyridine rings is 1. The number of hydrogen-bond donors (Lipinski definition) is 0. The summed E-state index contributed by atoms with van der Waals surface area (Å²) in [4.78, 5) is 11.6. The summed E-state index contributed by atoms with van der Waals surface area (Å²) in [6.45, 7) is 1.91. The van der Waals surface area contributed by atoms with Crippen LogP contribution in [0.4, 0.5) is 5.82 Å². The molecule has 0 saturated heterocycles. The molecule has 0 radical (unpaired) electrons. The first-order valence-electron chi connectivity index (χ1n) is 5.20. The number of nitrogens with zero attached hydrogens (tertiary/aromatic N) is 3. The quantitative estimate of drug-likeness (QED) is 0.839. The number of halogens is 1. The fourth-order valence-electron chi connectivity index (χ4n) is 1.82. The fourth-order valence-corrected chi connectivity index (χ4v) is 2.81. The molecule has 0 unspecified atom stereocenters. The van der Waals surface area contributed by atoms with Gasteiger partial charge in [-0.3, -0.25) is 0 Å². The van der Waals surface area contributed by atoms with Crippen LogP contribution in [-0.2, 0) is 17.9 Å². The minimum atomic E-state index is 0.555. The minimum Gasteiger partial charge on any atom is -0.356 e. The van der Waals surface area contributed by atoms with Crippen molar-refractivity contribution >= 4 is 28.8 Å². The van der Waals surface area contributed by atoms with Crippen molar-refractivity contribution in [2.75, 3.05) is 11.6 Å². The van der Waals surface area contributed by atoms with E-state index in [4.69, 9.17) is 16.3 Å². The molecule has 0 amide bonds. The molecule has 3 heterocycles. The Morgan fingerprint density at radius 3 is 3.24 bits per heavy atom. The maximum Gasteiger partial charge on any atom is 0.183 e. The van der Waals surface area contributed by atoms with E-state index in [1.807, 2.05) is 12.1 Å². The zero-order valence-corrected chi connectivity index (χ0v) is 10.5. The fraction of sp³-hybridized carbons (Fsp3) is 0.273. The van der Waals surface area contributed by atoms with Crippen LogP contribution >= 0.6 is 22.9 Å². The molecular weight excluding hydrogens is 258 g/mol. The Labute approximate surface area is 108 Å². The third kappa shape index (κ3) is 2.26. The third-order valence-corrected chi connectivity index (χ3v) is 3.64. The van der Waals surface area contributed by atoms with Crippen molar-refractivity contribution in [1.29, 1.82) is 0 Å². The molecule has 0 spiro atoms. The molecule has 0 saturated carbocycles. The Balaban J connectivity index is 1.85. The van der Waals surface area contributed by atoms with Gasteiger partial charge in [-0.25, -0.2) is 9.97 Å². The highest BCUT2D eigenvalue weighted by atomic mass is 35.5. The van der Waals surface area contributed by atoms with E-state index in [2.05, 4.69) is 14.9 Å². The van der Waals surface area contributed by atoms with Crippen molar-refractivity contribution in [3.63, 3.8) is 0 Å². The summed E-state index contributed by atoms with van der Waals surface area (Å²) in [5.74, 6) is 0.989. The minimum absolute atomic E-state index is 0.555. The van der Waals surface area contributed by atoms with Gasteiger partial charge in [-0.05, 0) is 6.07 Å². The SMILES string of the molecule is Clc1ncc(CN2COCc3cccnc32)s1. The third-order valence-electron chi connectivity index (χ3n) is 2.54. The van der Waals surface area contributed by atoms with Gasteiger partial charge < -0.3 is 9.64 Å². The summed E-state index contributed by atoms with van der Waals surface area (Å²) < 4.78 is 6.09. The molecule has 0 atom stereocenters. The number of thiazole rings is 1. The Morgan fingerprint density at radius 1 is 1.47 bits per heavy atom. The first kappa shape index (κ1) is 11.0. The Kier molecular flexibility index (Phi) is 2.96. The summed E-state index contributed by atoms with van der Waals surface area (Å²) in [5, 5.41) is 0. The summed E-state index contributed by atoms with van der Waals surface area (Å²) >= 11 is 7.31. The Morgan fingerprint density at radius 2 is 2.41 bits per heavy atom. The van der Waals surface area contributed by atoms with Gasteiger partial charge >= 0.3 is 0 Å². The van der Waals surface area contributed by atoms with Crippen LogP contribution in [0.25, 0.3) is 0 Å². The monoisotopic (exact) mass is 267 g/mol. The van der Waals surface area contributed by atoms with E-state index in [9.17, 15) is 0 Å². The number of fused-ring (bicyclic) bond motifs is 1. The summed E-state index contributed by atoms with van der Waals surface area (Å²) in [6, 6.07) is 3.96. The lowest BCUT2D eigenvalue weighted by Crippen LogP contribution is -2.30. The maximum atomic E-state index is 5.82. The number of anilines is 1. The second kappa shape index (κ2) is 4.60. The van der Waals surface area contributed by atoms with Gasteiger partial charge in [-0.1, -0.05) is 17.7 Å². The van der Waals surface area contributed by atoms with E-state index in [-0.39, 0.29) is 0 Å². The highest BCUT2D eigenvalue weighted by molar-refractivity contribution is 7.15. The van der Waals surface area contributed by atoms with Gasteiger partial charge in [0, 0.05) is 22.8 Å². The highest BCUT2D eigenvalue weighted by Crippen LogP contribution is 2.26. The normalized spacial score (nSPS) is 14.8. The molecular formula is C11H10ClN3OS. The van der Waals surface area contributed by atoms with Crippen LogP contribution in [0.3, 0.4) is 0 Å². The van der Waals surface area contributed by atoms with Gasteiger partial charge in [-0.2, -0.15) is 0 Å². The van der Waals surface area contributed by atoms with Crippen LogP contribution in [0.1, 0.15) is 10.4 Å². The van der Waals surface area contributed by atoms with Crippen LogP contribution in [0, 0.1) is 0 Å². The summed E-state index contributed by atoms with van der Waals surface area (Å²) in [6.07, 6.45) is 3.60. The predicted molar refractivity (Wildman–Crippen MR) is 67.2 cm³/mol. The van der Waals surface area contributed by atoms with Crippen LogP contribution in [-0.4, -0.2) is 16.7 Å². The lowest BCUT2D eigenvalue weighted by atomic mass is 10.2. The van der Waals surface area contributed by atoms with Crippen molar-refractivity contribution in [2.24, 2.45) is 0 Å². The predicted octanol–water partition coefficient (Wildman–Crippen LogP) is 2.69. The van der Waals surface area contributed by atoms with E-state index >= 15 is 0 Å². The van der Waals surface area contributed by atoms with Gasteiger partial charge in [0.25, 0.3) is 0 Å². The number of hydrogen-bond acceptors (Lipinski definition) is 5. The zero-order chi connectivity index (χ0) is 11.7. The molecule has 0 N–H and O–H groups in total. The van der Waals surface area contributed by atoms with E-state index < -0.39 is 0 Å². The smallest absolute Gasteiger partial charge is 0.183 e. The van der Waals surface area contributed by atoms with Gasteiger partial charge in [0.05, 0.1) is 13.2 Å². The molecule has 2 aromatic heterocycles. The Bertz CT molecular complexity index is 531. The molecule has 1 aliphatic heterocycles. The largest absolute Gasteiger partial charge is 0.356 e. The van der Waals surface area contributed by atoms with Gasteiger partial charge in [0.1, 0.15) is 12.5 Å². The van der Waals surface area contributed by atoms with E-state index in [0.717, 1.165) is 22.8 Å². The van der Waals surface area contributed by atoms with E-state index in [1.165, 1.54) is 11.3 Å². The van der Waals surface area contributed by atoms with Crippen molar-refractivity contribution < 1.29 is 4.74 Å². The molecule has 6 heteroatoms. The molecule has 0 bridgehead atoms. The van der Waals surface area contributed by atoms with Gasteiger partial charge in [0.15, 0.2) is 4.47 Å². The topological polar surface area (TPSA) is 38.2 Å². The van der Waals surface area contributed by atoms with Crippen LogP contribution in [0.5, 0.6) is 0 Å². The molecule has 0 aromatic carbocycles. The zero-order valence-electron chi connectivity index (χ0n) is 8.97. The first-order chi connectivity index (χ1) is 8.33.